The number of halogens is 1. The van der Waals surface area contributed by atoms with Crippen LogP contribution in [0.1, 0.15) is 29.2 Å². The monoisotopic (exact) mass is 269 g/mol. The minimum absolute atomic E-state index is 0.0606. The van der Waals surface area contributed by atoms with E-state index in [1.807, 2.05) is 12.1 Å². The zero-order chi connectivity index (χ0) is 13.9. The SMILES string of the molecule is O=C(Cc1ccccc1F)NC1CCc2ccccc21. The molecule has 0 saturated carbocycles. The molecule has 1 aliphatic rings. The number of fused-ring (bicyclic) bond motifs is 1. The first-order valence-corrected chi connectivity index (χ1v) is 6.84. The smallest absolute Gasteiger partial charge is 0.225 e. The molecule has 0 aliphatic heterocycles. The van der Waals surface area contributed by atoms with Crippen molar-refractivity contribution in [3.05, 3.63) is 71.0 Å². The van der Waals surface area contributed by atoms with E-state index in [4.69, 9.17) is 0 Å². The Kier molecular flexibility index (Phi) is 3.50. The van der Waals surface area contributed by atoms with Crippen molar-refractivity contribution < 1.29 is 9.18 Å². The molecule has 1 N–H and O–H groups in total. The Labute approximate surface area is 117 Å². The molecule has 3 heteroatoms. The zero-order valence-electron chi connectivity index (χ0n) is 11.1. The highest BCUT2D eigenvalue weighted by Gasteiger charge is 2.23. The fourth-order valence-electron chi connectivity index (χ4n) is 2.77. The van der Waals surface area contributed by atoms with Gasteiger partial charge >= 0.3 is 0 Å². The standard InChI is InChI=1S/C17H16FNO/c18-15-8-4-2-6-13(15)11-17(20)19-16-10-9-12-5-1-3-7-14(12)16/h1-8,16H,9-11H2,(H,19,20). The molecule has 0 bridgehead atoms. The van der Waals surface area contributed by atoms with Gasteiger partial charge in [0.1, 0.15) is 5.82 Å². The van der Waals surface area contributed by atoms with Crippen molar-refractivity contribution in [1.29, 1.82) is 0 Å². The van der Waals surface area contributed by atoms with Crippen LogP contribution in [0.3, 0.4) is 0 Å². The molecular weight excluding hydrogens is 253 g/mol. The van der Waals surface area contributed by atoms with Crippen LogP contribution in [0.2, 0.25) is 0 Å². The van der Waals surface area contributed by atoms with Crippen LogP contribution in [0.5, 0.6) is 0 Å². The minimum atomic E-state index is -0.325. The molecule has 0 aromatic heterocycles. The summed E-state index contributed by atoms with van der Waals surface area (Å²) in [4.78, 5) is 12.1. The van der Waals surface area contributed by atoms with Crippen LogP contribution < -0.4 is 5.32 Å². The van der Waals surface area contributed by atoms with E-state index in [0.717, 1.165) is 12.8 Å². The lowest BCUT2D eigenvalue weighted by Gasteiger charge is -2.14. The van der Waals surface area contributed by atoms with Gasteiger partial charge in [-0.1, -0.05) is 42.5 Å². The normalized spacial score (nSPS) is 16.8. The van der Waals surface area contributed by atoms with Crippen LogP contribution in [0.15, 0.2) is 48.5 Å². The molecule has 0 heterocycles. The summed E-state index contributed by atoms with van der Waals surface area (Å²) in [5, 5.41) is 3.01. The molecule has 20 heavy (non-hydrogen) atoms. The molecule has 3 rings (SSSR count). The number of carbonyl (C=O) groups is 1. The van der Waals surface area contributed by atoms with Gasteiger partial charge in [-0.05, 0) is 35.6 Å². The van der Waals surface area contributed by atoms with Crippen molar-refractivity contribution in [3.8, 4) is 0 Å². The maximum absolute atomic E-state index is 13.5. The molecule has 2 nitrogen and oxygen atoms in total. The quantitative estimate of drug-likeness (QED) is 0.911. The van der Waals surface area contributed by atoms with E-state index < -0.39 is 0 Å². The summed E-state index contributed by atoms with van der Waals surface area (Å²) in [5.74, 6) is -0.453. The topological polar surface area (TPSA) is 29.1 Å². The van der Waals surface area contributed by atoms with E-state index >= 15 is 0 Å². The lowest BCUT2D eigenvalue weighted by atomic mass is 10.1. The van der Waals surface area contributed by atoms with E-state index in [2.05, 4.69) is 17.4 Å². The molecular formula is C17H16FNO. The van der Waals surface area contributed by atoms with Crippen molar-refractivity contribution in [2.24, 2.45) is 0 Å². The fourth-order valence-corrected chi connectivity index (χ4v) is 2.77. The summed E-state index contributed by atoms with van der Waals surface area (Å²) in [6.45, 7) is 0. The summed E-state index contributed by atoms with van der Waals surface area (Å²) >= 11 is 0. The summed E-state index contributed by atoms with van der Waals surface area (Å²) in [5.41, 5.74) is 2.93. The third kappa shape index (κ3) is 2.57. The summed E-state index contributed by atoms with van der Waals surface area (Å²) in [6, 6.07) is 14.6. The van der Waals surface area contributed by atoms with E-state index in [1.165, 1.54) is 17.2 Å². The van der Waals surface area contributed by atoms with Crippen LogP contribution >= 0.6 is 0 Å². The molecule has 1 aliphatic carbocycles. The molecule has 2 aromatic rings. The molecule has 1 unspecified atom stereocenters. The van der Waals surface area contributed by atoms with Gasteiger partial charge in [-0.3, -0.25) is 4.79 Å². The van der Waals surface area contributed by atoms with Gasteiger partial charge in [0.25, 0.3) is 0 Å². The second kappa shape index (κ2) is 5.45. The Hall–Kier alpha value is -2.16. The number of rotatable bonds is 3. The summed E-state index contributed by atoms with van der Waals surface area (Å²) < 4.78 is 13.5. The lowest BCUT2D eigenvalue weighted by molar-refractivity contribution is -0.121. The van der Waals surface area contributed by atoms with Crippen LogP contribution in [0.4, 0.5) is 4.39 Å². The van der Waals surface area contributed by atoms with Gasteiger partial charge in [-0.25, -0.2) is 4.39 Å². The number of hydrogen-bond acceptors (Lipinski definition) is 1. The molecule has 2 aromatic carbocycles. The van der Waals surface area contributed by atoms with E-state index in [0.29, 0.717) is 5.56 Å². The Morgan fingerprint density at radius 2 is 1.90 bits per heavy atom. The minimum Gasteiger partial charge on any atom is -0.349 e. The predicted octanol–water partition coefficient (Wildman–Crippen LogP) is 3.17. The second-order valence-electron chi connectivity index (χ2n) is 5.13. The highest BCUT2D eigenvalue weighted by atomic mass is 19.1. The first-order valence-electron chi connectivity index (χ1n) is 6.84. The summed E-state index contributed by atoms with van der Waals surface area (Å²) in [7, 11) is 0. The Morgan fingerprint density at radius 1 is 1.15 bits per heavy atom. The van der Waals surface area contributed by atoms with Gasteiger partial charge in [0, 0.05) is 0 Å². The first-order chi connectivity index (χ1) is 9.74. The Bertz CT molecular complexity index is 638. The highest BCUT2D eigenvalue weighted by molar-refractivity contribution is 5.79. The number of nitrogens with one attached hydrogen (secondary N) is 1. The van der Waals surface area contributed by atoms with Gasteiger partial charge in [0.05, 0.1) is 12.5 Å². The molecule has 0 fully saturated rings. The third-order valence-electron chi connectivity index (χ3n) is 3.78. The fraction of sp³-hybridized carbons (Fsp3) is 0.235. The second-order valence-corrected chi connectivity index (χ2v) is 5.13. The van der Waals surface area contributed by atoms with Crippen molar-refractivity contribution in [2.45, 2.75) is 25.3 Å². The Morgan fingerprint density at radius 3 is 2.75 bits per heavy atom. The largest absolute Gasteiger partial charge is 0.349 e. The summed E-state index contributed by atoms with van der Waals surface area (Å²) in [6.07, 6.45) is 1.99. The van der Waals surface area contributed by atoms with Crippen LogP contribution in [-0.2, 0) is 17.6 Å². The number of amides is 1. The molecule has 1 amide bonds. The lowest BCUT2D eigenvalue weighted by Crippen LogP contribution is -2.28. The van der Waals surface area contributed by atoms with E-state index in [9.17, 15) is 9.18 Å². The molecule has 0 saturated heterocycles. The third-order valence-corrected chi connectivity index (χ3v) is 3.78. The van der Waals surface area contributed by atoms with E-state index in [1.54, 1.807) is 18.2 Å². The number of benzene rings is 2. The molecule has 0 radical (unpaired) electrons. The maximum Gasteiger partial charge on any atom is 0.225 e. The first kappa shape index (κ1) is 12.9. The van der Waals surface area contributed by atoms with Crippen molar-refractivity contribution in [3.63, 3.8) is 0 Å². The van der Waals surface area contributed by atoms with Crippen LogP contribution in [0.25, 0.3) is 0 Å². The average molecular weight is 269 g/mol. The molecule has 0 spiro atoms. The van der Waals surface area contributed by atoms with Crippen LogP contribution in [-0.4, -0.2) is 5.91 Å². The van der Waals surface area contributed by atoms with Crippen molar-refractivity contribution in [1.82, 2.24) is 5.32 Å². The van der Waals surface area contributed by atoms with Crippen LogP contribution in [0, 0.1) is 5.82 Å². The van der Waals surface area contributed by atoms with Gasteiger partial charge in [-0.15, -0.1) is 0 Å². The predicted molar refractivity (Wildman–Crippen MR) is 75.8 cm³/mol. The average Bonchev–Trinajstić information content (AvgIpc) is 2.85. The van der Waals surface area contributed by atoms with Gasteiger partial charge in [0.2, 0.25) is 5.91 Å². The molecule has 1 atom stereocenters. The Balaban J connectivity index is 1.68. The molecule has 102 valence electrons. The van der Waals surface area contributed by atoms with Gasteiger partial charge in [0.15, 0.2) is 0 Å². The number of aryl methyl sites for hydroxylation is 1. The van der Waals surface area contributed by atoms with Gasteiger partial charge in [-0.2, -0.15) is 0 Å². The number of carbonyl (C=O) groups excluding carboxylic acids is 1. The van der Waals surface area contributed by atoms with Crippen molar-refractivity contribution in [2.75, 3.05) is 0 Å². The van der Waals surface area contributed by atoms with Crippen molar-refractivity contribution >= 4 is 5.91 Å². The van der Waals surface area contributed by atoms with E-state index in [-0.39, 0.29) is 24.2 Å². The van der Waals surface area contributed by atoms with Gasteiger partial charge < -0.3 is 5.32 Å². The maximum atomic E-state index is 13.5. The zero-order valence-corrected chi connectivity index (χ0v) is 11.1. The number of hydrogen-bond donors (Lipinski definition) is 1. The highest BCUT2D eigenvalue weighted by Crippen LogP contribution is 2.30.